The van der Waals surface area contributed by atoms with Gasteiger partial charge in [0.1, 0.15) is 6.04 Å². The maximum atomic E-state index is 12.9. The number of halogens is 1. The van der Waals surface area contributed by atoms with Gasteiger partial charge in [0.05, 0.1) is 12.7 Å². The predicted octanol–water partition coefficient (Wildman–Crippen LogP) is 3.50. The molecule has 0 aromatic heterocycles. The van der Waals surface area contributed by atoms with E-state index in [1.165, 1.54) is 5.56 Å². The van der Waals surface area contributed by atoms with E-state index in [1.54, 1.807) is 24.3 Å². The minimum atomic E-state index is -0.609. The van der Waals surface area contributed by atoms with Crippen LogP contribution in [0.2, 0.25) is 5.02 Å². The molecule has 0 saturated carbocycles. The Morgan fingerprint density at radius 3 is 2.53 bits per heavy atom. The molecule has 2 aromatic carbocycles. The van der Waals surface area contributed by atoms with Crippen molar-refractivity contribution >= 4 is 23.4 Å². The van der Waals surface area contributed by atoms with Crippen LogP contribution < -0.4 is 10.6 Å². The molecule has 172 valence electrons. The Morgan fingerprint density at radius 2 is 1.84 bits per heavy atom. The third-order valence-corrected chi connectivity index (χ3v) is 5.66. The van der Waals surface area contributed by atoms with E-state index in [9.17, 15) is 9.59 Å². The summed E-state index contributed by atoms with van der Waals surface area (Å²) < 4.78 is 5.86. The minimum absolute atomic E-state index is 0.0805. The normalized spacial score (nSPS) is 17.7. The number of benzene rings is 2. The Labute approximate surface area is 195 Å². The van der Waals surface area contributed by atoms with Crippen molar-refractivity contribution in [1.29, 1.82) is 0 Å². The lowest BCUT2D eigenvalue weighted by atomic mass is 10.0. The Hall–Kier alpha value is -2.41. The molecular formula is C25H32ClN3O3. The summed E-state index contributed by atoms with van der Waals surface area (Å²) in [5.41, 5.74) is 1.74. The zero-order chi connectivity index (χ0) is 22.9. The highest BCUT2D eigenvalue weighted by Gasteiger charge is 2.25. The predicted molar refractivity (Wildman–Crippen MR) is 127 cm³/mol. The van der Waals surface area contributed by atoms with E-state index in [4.69, 9.17) is 16.3 Å². The van der Waals surface area contributed by atoms with E-state index in [1.807, 2.05) is 32.0 Å². The number of rotatable bonds is 9. The molecule has 0 aliphatic carbocycles. The molecule has 1 saturated heterocycles. The van der Waals surface area contributed by atoms with Gasteiger partial charge in [-0.1, -0.05) is 55.8 Å². The standard InChI is InChI=1S/C25H32ClN3O3/c1-18(2)14-23(28-24(30)20-8-10-21(26)11-9-20)25(31)27-15-22-17-29(12-13-32-22)16-19-6-4-3-5-7-19/h3-11,18,22-23H,12-17H2,1-2H3,(H,27,31)(H,28,30). The lowest BCUT2D eigenvalue weighted by Crippen LogP contribution is -2.52. The van der Waals surface area contributed by atoms with Crippen molar-refractivity contribution in [3.63, 3.8) is 0 Å². The summed E-state index contributed by atoms with van der Waals surface area (Å²) >= 11 is 5.90. The number of amides is 2. The number of morpholine rings is 1. The molecular weight excluding hydrogens is 426 g/mol. The highest BCUT2D eigenvalue weighted by molar-refractivity contribution is 6.30. The largest absolute Gasteiger partial charge is 0.374 e. The van der Waals surface area contributed by atoms with E-state index in [2.05, 4.69) is 27.7 Å². The van der Waals surface area contributed by atoms with Gasteiger partial charge in [0.2, 0.25) is 5.91 Å². The molecule has 2 N–H and O–H groups in total. The fraction of sp³-hybridized carbons (Fsp3) is 0.440. The van der Waals surface area contributed by atoms with Gasteiger partial charge in [0, 0.05) is 36.8 Å². The number of nitrogens with zero attached hydrogens (tertiary/aromatic N) is 1. The van der Waals surface area contributed by atoms with Crippen LogP contribution in [0.15, 0.2) is 54.6 Å². The Morgan fingerprint density at radius 1 is 1.12 bits per heavy atom. The van der Waals surface area contributed by atoms with Gasteiger partial charge in [-0.15, -0.1) is 0 Å². The smallest absolute Gasteiger partial charge is 0.251 e. The van der Waals surface area contributed by atoms with Crippen LogP contribution in [0, 0.1) is 5.92 Å². The lowest BCUT2D eigenvalue weighted by molar-refractivity contribution is -0.124. The first-order chi connectivity index (χ1) is 15.4. The summed E-state index contributed by atoms with van der Waals surface area (Å²) in [6, 6.07) is 16.4. The van der Waals surface area contributed by atoms with Gasteiger partial charge in [-0.05, 0) is 42.2 Å². The topological polar surface area (TPSA) is 70.7 Å². The first kappa shape index (κ1) is 24.2. The van der Waals surface area contributed by atoms with Crippen molar-refractivity contribution in [2.75, 3.05) is 26.2 Å². The number of ether oxygens (including phenoxy) is 1. The van der Waals surface area contributed by atoms with Crippen molar-refractivity contribution in [2.24, 2.45) is 5.92 Å². The monoisotopic (exact) mass is 457 g/mol. The van der Waals surface area contributed by atoms with Crippen LogP contribution >= 0.6 is 11.6 Å². The maximum Gasteiger partial charge on any atom is 0.251 e. The third kappa shape index (κ3) is 7.62. The summed E-state index contributed by atoms with van der Waals surface area (Å²) in [7, 11) is 0. The van der Waals surface area contributed by atoms with Crippen LogP contribution in [0.5, 0.6) is 0 Å². The fourth-order valence-corrected chi connectivity index (χ4v) is 3.90. The first-order valence-corrected chi connectivity index (χ1v) is 11.5. The van der Waals surface area contributed by atoms with Crippen LogP contribution in [0.1, 0.15) is 36.2 Å². The van der Waals surface area contributed by atoms with Crippen molar-refractivity contribution in [1.82, 2.24) is 15.5 Å². The van der Waals surface area contributed by atoms with Crippen LogP contribution in [-0.2, 0) is 16.1 Å². The van der Waals surface area contributed by atoms with Crippen LogP contribution in [0.4, 0.5) is 0 Å². The fourth-order valence-electron chi connectivity index (χ4n) is 3.77. The minimum Gasteiger partial charge on any atom is -0.374 e. The Balaban J connectivity index is 1.52. The molecule has 1 aliphatic heterocycles. The molecule has 2 unspecified atom stereocenters. The van der Waals surface area contributed by atoms with E-state index in [0.29, 0.717) is 30.2 Å². The molecule has 2 aromatic rings. The van der Waals surface area contributed by atoms with E-state index < -0.39 is 6.04 Å². The average Bonchev–Trinajstić information content (AvgIpc) is 2.78. The van der Waals surface area contributed by atoms with Crippen LogP contribution in [0.25, 0.3) is 0 Å². The second kappa shape index (κ2) is 12.0. The molecule has 0 bridgehead atoms. The summed E-state index contributed by atoms with van der Waals surface area (Å²) in [6.07, 6.45) is 0.472. The number of carbonyl (C=O) groups excluding carboxylic acids is 2. The summed E-state index contributed by atoms with van der Waals surface area (Å²) in [5, 5.41) is 6.41. The number of hydrogen-bond donors (Lipinski definition) is 2. The molecule has 6 nitrogen and oxygen atoms in total. The number of nitrogens with one attached hydrogen (secondary N) is 2. The van der Waals surface area contributed by atoms with Crippen LogP contribution in [0.3, 0.4) is 0 Å². The van der Waals surface area contributed by atoms with Crippen LogP contribution in [-0.4, -0.2) is 55.1 Å². The molecule has 0 radical (unpaired) electrons. The molecule has 2 atom stereocenters. The Kier molecular flexibility index (Phi) is 9.09. The van der Waals surface area contributed by atoms with E-state index in [-0.39, 0.29) is 23.8 Å². The van der Waals surface area contributed by atoms with Gasteiger partial charge in [0.25, 0.3) is 5.91 Å². The molecule has 1 fully saturated rings. The van der Waals surface area contributed by atoms with Gasteiger partial charge in [0.15, 0.2) is 0 Å². The first-order valence-electron chi connectivity index (χ1n) is 11.1. The zero-order valence-corrected chi connectivity index (χ0v) is 19.5. The van der Waals surface area contributed by atoms with Gasteiger partial charge in [-0.25, -0.2) is 0 Å². The molecule has 2 amide bonds. The molecule has 0 spiro atoms. The van der Waals surface area contributed by atoms with Gasteiger partial charge < -0.3 is 15.4 Å². The maximum absolute atomic E-state index is 12.9. The molecule has 7 heteroatoms. The van der Waals surface area contributed by atoms with E-state index in [0.717, 1.165) is 19.6 Å². The van der Waals surface area contributed by atoms with Crippen molar-refractivity contribution in [2.45, 2.75) is 39.0 Å². The second-order valence-corrected chi connectivity index (χ2v) is 9.06. The van der Waals surface area contributed by atoms with Crippen molar-refractivity contribution in [3.8, 4) is 0 Å². The van der Waals surface area contributed by atoms with E-state index >= 15 is 0 Å². The van der Waals surface area contributed by atoms with Crippen molar-refractivity contribution in [3.05, 3.63) is 70.7 Å². The zero-order valence-electron chi connectivity index (χ0n) is 18.7. The number of hydrogen-bond acceptors (Lipinski definition) is 4. The van der Waals surface area contributed by atoms with Gasteiger partial charge >= 0.3 is 0 Å². The molecule has 32 heavy (non-hydrogen) atoms. The molecule has 1 aliphatic rings. The summed E-state index contributed by atoms with van der Waals surface area (Å²) in [6.45, 7) is 7.59. The third-order valence-electron chi connectivity index (χ3n) is 5.41. The highest BCUT2D eigenvalue weighted by atomic mass is 35.5. The Bertz CT molecular complexity index is 874. The number of carbonyl (C=O) groups is 2. The molecule has 3 rings (SSSR count). The average molecular weight is 458 g/mol. The SMILES string of the molecule is CC(C)CC(NC(=O)c1ccc(Cl)cc1)C(=O)NCC1CN(Cc2ccccc2)CCO1. The summed E-state index contributed by atoms with van der Waals surface area (Å²) in [4.78, 5) is 27.8. The molecule has 1 heterocycles. The lowest BCUT2D eigenvalue weighted by Gasteiger charge is -2.33. The highest BCUT2D eigenvalue weighted by Crippen LogP contribution is 2.12. The quantitative estimate of drug-likeness (QED) is 0.604. The summed E-state index contributed by atoms with van der Waals surface area (Å²) in [5.74, 6) is -0.223. The second-order valence-electron chi connectivity index (χ2n) is 8.62. The van der Waals surface area contributed by atoms with Crippen molar-refractivity contribution < 1.29 is 14.3 Å². The van der Waals surface area contributed by atoms with Gasteiger partial charge in [-0.2, -0.15) is 0 Å². The van der Waals surface area contributed by atoms with Gasteiger partial charge in [-0.3, -0.25) is 14.5 Å².